The number of nitrogen functional groups attached to an aromatic ring is 2. The summed E-state index contributed by atoms with van der Waals surface area (Å²) in [6.07, 6.45) is 0. The number of likely N-dealkylation sites (N-methyl/N-ethyl adjacent to an activating group) is 1. The van der Waals surface area contributed by atoms with Crippen molar-refractivity contribution in [1.82, 2.24) is 4.90 Å². The summed E-state index contributed by atoms with van der Waals surface area (Å²) >= 11 is 0. The number of halogens is 4. The molecule has 0 fully saturated rings. The third kappa shape index (κ3) is 11.4. The van der Waals surface area contributed by atoms with Crippen LogP contribution in [0.1, 0.15) is 0 Å². The molecule has 2 aromatic carbocycles. The van der Waals surface area contributed by atoms with Crippen molar-refractivity contribution in [2.45, 2.75) is 0 Å². The highest BCUT2D eigenvalue weighted by molar-refractivity contribution is 5.86. The average molecular weight is 445 g/mol. The number of nitrogens with two attached hydrogens (primary N) is 2. The summed E-state index contributed by atoms with van der Waals surface area (Å²) < 4.78 is 0. The Labute approximate surface area is 180 Å². The molecule has 26 heavy (non-hydrogen) atoms. The van der Waals surface area contributed by atoms with E-state index >= 15 is 0 Å². The third-order valence-corrected chi connectivity index (χ3v) is 3.47. The van der Waals surface area contributed by atoms with Gasteiger partial charge in [-0.1, -0.05) is 0 Å². The molecule has 0 radical (unpaired) electrons. The second-order valence-corrected chi connectivity index (χ2v) is 5.40. The first kappa shape index (κ1) is 29.5. The molecule has 0 saturated heterocycles. The molecule has 2 aromatic rings. The highest BCUT2D eigenvalue weighted by atomic mass is 35.5. The Bertz CT molecular complexity index is 515. The minimum atomic E-state index is 0. The summed E-state index contributed by atoms with van der Waals surface area (Å²) in [5.41, 5.74) is 15.1. The SMILES string of the molecule is CN(CCNc1ccc(N)cc1)CCNc1ccc(N)cc1.Cl.Cl.Cl.Cl. The molecule has 0 spiro atoms. The molecule has 0 amide bonds. The Balaban J connectivity index is -0.00000132. The number of anilines is 4. The molecule has 0 atom stereocenters. The third-order valence-electron chi connectivity index (χ3n) is 3.47. The molecule has 5 nitrogen and oxygen atoms in total. The van der Waals surface area contributed by atoms with Gasteiger partial charge in [0.2, 0.25) is 0 Å². The average Bonchev–Trinajstić information content (AvgIpc) is 2.51. The highest BCUT2D eigenvalue weighted by Crippen LogP contribution is 2.10. The number of benzene rings is 2. The van der Waals surface area contributed by atoms with Crippen LogP contribution in [0.2, 0.25) is 0 Å². The summed E-state index contributed by atoms with van der Waals surface area (Å²) in [6.45, 7) is 3.77. The number of hydrogen-bond acceptors (Lipinski definition) is 5. The molecule has 9 heteroatoms. The van der Waals surface area contributed by atoms with E-state index in [0.29, 0.717) is 0 Å². The van der Waals surface area contributed by atoms with E-state index in [-0.39, 0.29) is 49.6 Å². The van der Waals surface area contributed by atoms with Crippen molar-refractivity contribution in [2.24, 2.45) is 0 Å². The van der Waals surface area contributed by atoms with Crippen LogP contribution in [-0.4, -0.2) is 38.1 Å². The fraction of sp³-hybridized carbons (Fsp3) is 0.294. The van der Waals surface area contributed by atoms with Gasteiger partial charge in [0.25, 0.3) is 0 Å². The molecule has 0 heterocycles. The van der Waals surface area contributed by atoms with E-state index in [1.807, 2.05) is 48.5 Å². The monoisotopic (exact) mass is 443 g/mol. The van der Waals surface area contributed by atoms with Crippen LogP contribution in [0, 0.1) is 0 Å². The zero-order valence-electron chi connectivity index (χ0n) is 14.7. The topological polar surface area (TPSA) is 79.3 Å². The molecule has 150 valence electrons. The molecular weight excluding hydrogens is 416 g/mol. The first-order chi connectivity index (χ1) is 10.6. The Hall–Kier alpha value is -1.24. The molecule has 0 saturated carbocycles. The molecule has 0 bridgehead atoms. The summed E-state index contributed by atoms with van der Waals surface area (Å²) in [5, 5.41) is 6.77. The molecule has 0 unspecified atom stereocenters. The summed E-state index contributed by atoms with van der Waals surface area (Å²) in [6, 6.07) is 15.6. The largest absolute Gasteiger partial charge is 0.399 e. The van der Waals surface area contributed by atoms with Gasteiger partial charge in [-0.2, -0.15) is 0 Å². The van der Waals surface area contributed by atoms with Crippen LogP contribution in [0.4, 0.5) is 22.7 Å². The van der Waals surface area contributed by atoms with Gasteiger partial charge in [0.1, 0.15) is 0 Å². The van der Waals surface area contributed by atoms with E-state index < -0.39 is 0 Å². The number of nitrogens with zero attached hydrogens (tertiary/aromatic N) is 1. The van der Waals surface area contributed by atoms with Crippen molar-refractivity contribution < 1.29 is 0 Å². The van der Waals surface area contributed by atoms with E-state index in [4.69, 9.17) is 11.5 Å². The Morgan fingerprint density at radius 3 is 1.27 bits per heavy atom. The van der Waals surface area contributed by atoms with Crippen LogP contribution >= 0.6 is 49.6 Å². The van der Waals surface area contributed by atoms with Gasteiger partial charge in [-0.05, 0) is 55.6 Å². The van der Waals surface area contributed by atoms with E-state index in [2.05, 4.69) is 22.6 Å². The van der Waals surface area contributed by atoms with Crippen LogP contribution in [0.5, 0.6) is 0 Å². The smallest absolute Gasteiger partial charge is 0.0342 e. The number of hydrogen-bond donors (Lipinski definition) is 4. The molecule has 0 aliphatic heterocycles. The van der Waals surface area contributed by atoms with Crippen LogP contribution in [0.3, 0.4) is 0 Å². The zero-order chi connectivity index (χ0) is 15.8. The molecule has 2 rings (SSSR count). The van der Waals surface area contributed by atoms with Crippen molar-refractivity contribution in [3.05, 3.63) is 48.5 Å². The lowest BCUT2D eigenvalue weighted by atomic mass is 10.3. The van der Waals surface area contributed by atoms with Gasteiger partial charge >= 0.3 is 0 Å². The van der Waals surface area contributed by atoms with Gasteiger partial charge in [-0.3, -0.25) is 0 Å². The quantitative estimate of drug-likeness (QED) is 0.463. The Kier molecular flexibility index (Phi) is 18.1. The minimum Gasteiger partial charge on any atom is -0.399 e. The van der Waals surface area contributed by atoms with Crippen LogP contribution in [-0.2, 0) is 0 Å². The van der Waals surface area contributed by atoms with Crippen molar-refractivity contribution in [3.63, 3.8) is 0 Å². The van der Waals surface area contributed by atoms with E-state index in [1.54, 1.807) is 0 Å². The maximum absolute atomic E-state index is 5.66. The molecule has 0 aliphatic carbocycles. The lowest BCUT2D eigenvalue weighted by Crippen LogP contribution is -2.29. The summed E-state index contributed by atoms with van der Waals surface area (Å²) in [7, 11) is 2.12. The standard InChI is InChI=1S/C17H25N5.4ClH/c1-22(12-10-20-16-6-2-14(18)3-7-16)13-11-21-17-8-4-15(19)5-9-17;;;;/h2-9,20-21H,10-13,18-19H2,1H3;4*1H. The lowest BCUT2D eigenvalue weighted by Gasteiger charge is -2.18. The Morgan fingerprint density at radius 2 is 0.962 bits per heavy atom. The van der Waals surface area contributed by atoms with Gasteiger partial charge in [0.05, 0.1) is 0 Å². The van der Waals surface area contributed by atoms with Crippen molar-refractivity contribution in [1.29, 1.82) is 0 Å². The lowest BCUT2D eigenvalue weighted by molar-refractivity contribution is 0.361. The van der Waals surface area contributed by atoms with Crippen LogP contribution in [0.15, 0.2) is 48.5 Å². The van der Waals surface area contributed by atoms with E-state index in [0.717, 1.165) is 48.9 Å². The molecule has 6 N–H and O–H groups in total. The summed E-state index contributed by atoms with van der Waals surface area (Å²) in [5.74, 6) is 0. The minimum absolute atomic E-state index is 0. The fourth-order valence-electron chi connectivity index (χ4n) is 2.10. The summed E-state index contributed by atoms with van der Waals surface area (Å²) in [4.78, 5) is 2.29. The van der Waals surface area contributed by atoms with Crippen molar-refractivity contribution >= 4 is 72.4 Å². The van der Waals surface area contributed by atoms with Gasteiger partial charge in [-0.15, -0.1) is 49.6 Å². The van der Waals surface area contributed by atoms with Gasteiger partial charge in [0.15, 0.2) is 0 Å². The van der Waals surface area contributed by atoms with E-state index in [9.17, 15) is 0 Å². The maximum atomic E-state index is 5.66. The number of nitrogens with one attached hydrogen (secondary N) is 2. The zero-order valence-corrected chi connectivity index (χ0v) is 17.9. The predicted octanol–water partition coefficient (Wildman–Crippen LogP) is 3.99. The maximum Gasteiger partial charge on any atom is 0.0342 e. The Morgan fingerprint density at radius 1 is 0.654 bits per heavy atom. The van der Waals surface area contributed by atoms with Gasteiger partial charge < -0.3 is 27.0 Å². The van der Waals surface area contributed by atoms with Crippen LogP contribution in [0.25, 0.3) is 0 Å². The first-order valence-corrected chi connectivity index (χ1v) is 7.51. The fourth-order valence-corrected chi connectivity index (χ4v) is 2.10. The van der Waals surface area contributed by atoms with Gasteiger partial charge in [0, 0.05) is 48.9 Å². The van der Waals surface area contributed by atoms with Crippen molar-refractivity contribution in [3.8, 4) is 0 Å². The van der Waals surface area contributed by atoms with E-state index in [1.165, 1.54) is 0 Å². The second-order valence-electron chi connectivity index (χ2n) is 5.40. The molecule has 0 aliphatic rings. The highest BCUT2D eigenvalue weighted by Gasteiger charge is 1.99. The van der Waals surface area contributed by atoms with Crippen molar-refractivity contribution in [2.75, 3.05) is 55.3 Å². The second kappa shape index (κ2) is 16.0. The first-order valence-electron chi connectivity index (χ1n) is 7.51. The molecule has 0 aromatic heterocycles. The van der Waals surface area contributed by atoms with Crippen LogP contribution < -0.4 is 22.1 Å². The predicted molar refractivity (Wildman–Crippen MR) is 125 cm³/mol. The van der Waals surface area contributed by atoms with Gasteiger partial charge in [-0.25, -0.2) is 0 Å². The molecular formula is C17H29Cl4N5. The number of rotatable bonds is 8. The normalized spacial score (nSPS) is 9.00.